The molecule has 0 bridgehead atoms. The Morgan fingerprint density at radius 2 is 1.48 bits per heavy atom. The summed E-state index contributed by atoms with van der Waals surface area (Å²) >= 11 is 0. The number of carbonyl (C=O) groups is 2. The van der Waals surface area contributed by atoms with Gasteiger partial charge in [0, 0.05) is 0 Å². The van der Waals surface area contributed by atoms with Gasteiger partial charge < -0.3 is 32.9 Å². The summed E-state index contributed by atoms with van der Waals surface area (Å²) in [7, 11) is 0. The lowest BCUT2D eigenvalue weighted by Crippen LogP contribution is -3.00. The van der Waals surface area contributed by atoms with Gasteiger partial charge in [0.1, 0.15) is 12.1 Å². The van der Waals surface area contributed by atoms with Gasteiger partial charge >= 0.3 is 5.97 Å². The van der Waals surface area contributed by atoms with Crippen molar-refractivity contribution >= 4 is 11.9 Å². The monoisotopic (exact) mass is 420 g/mol. The quantitative estimate of drug-likeness (QED) is 0.529. The molecule has 0 saturated heterocycles. The average molecular weight is 421 g/mol. The highest BCUT2D eigenvalue weighted by Crippen LogP contribution is 2.26. The summed E-state index contributed by atoms with van der Waals surface area (Å²) in [5, 5.41) is 10.7. The van der Waals surface area contributed by atoms with Gasteiger partial charge in [-0.25, -0.2) is 4.79 Å². The standard InChI is InChI=1S/C22H28N2O4.ClH/c1-4-28-22(27)16(3)24(15(2)17-11-7-5-8-12-17)21(26)19(23)20(25)18-13-9-6-10-14-18;/h5-16,19-20,25H,4,23H2,1-3H3;1H/t15-,16+,19-,20-;/m0./s1. The molecule has 0 aromatic heterocycles. The third-order valence-electron chi connectivity index (χ3n) is 4.84. The fourth-order valence-electron chi connectivity index (χ4n) is 3.19. The lowest BCUT2D eigenvalue weighted by Gasteiger charge is -2.35. The van der Waals surface area contributed by atoms with E-state index in [0.717, 1.165) is 5.56 Å². The van der Waals surface area contributed by atoms with Crippen molar-refractivity contribution in [3.05, 3.63) is 71.8 Å². The molecule has 2 aromatic rings. The van der Waals surface area contributed by atoms with Crippen LogP contribution < -0.4 is 18.1 Å². The van der Waals surface area contributed by atoms with E-state index >= 15 is 0 Å². The van der Waals surface area contributed by atoms with Crippen molar-refractivity contribution in [2.45, 2.75) is 45.0 Å². The second kappa shape index (κ2) is 11.6. The third-order valence-corrected chi connectivity index (χ3v) is 4.84. The average Bonchev–Trinajstić information content (AvgIpc) is 2.73. The highest BCUT2D eigenvalue weighted by atomic mass is 35.5. The molecule has 4 N–H and O–H groups in total. The molecule has 2 rings (SSSR count). The fraction of sp³-hybridized carbons (Fsp3) is 0.364. The van der Waals surface area contributed by atoms with Gasteiger partial charge in [0.25, 0.3) is 5.91 Å². The number of esters is 1. The first-order valence-electron chi connectivity index (χ1n) is 9.48. The summed E-state index contributed by atoms with van der Waals surface area (Å²) in [5.74, 6) is -0.895. The topological polar surface area (TPSA) is 94.5 Å². The summed E-state index contributed by atoms with van der Waals surface area (Å²) < 4.78 is 5.13. The number of amides is 1. The molecule has 0 heterocycles. The molecule has 0 aliphatic heterocycles. The summed E-state index contributed by atoms with van der Waals surface area (Å²) in [4.78, 5) is 27.2. The number of nitrogens with zero attached hydrogens (tertiary/aromatic N) is 1. The van der Waals surface area contributed by atoms with E-state index in [9.17, 15) is 14.7 Å². The largest absolute Gasteiger partial charge is 1.00 e. The Morgan fingerprint density at radius 1 is 1.00 bits per heavy atom. The van der Waals surface area contributed by atoms with E-state index in [1.807, 2.05) is 43.3 Å². The van der Waals surface area contributed by atoms with Crippen molar-refractivity contribution in [3.8, 4) is 0 Å². The molecule has 1 amide bonds. The molecule has 7 heteroatoms. The van der Waals surface area contributed by atoms with E-state index in [2.05, 4.69) is 5.73 Å². The molecule has 0 spiro atoms. The van der Waals surface area contributed by atoms with Gasteiger partial charge in [0.15, 0.2) is 6.04 Å². The van der Waals surface area contributed by atoms with Crippen LogP contribution in [0, 0.1) is 0 Å². The zero-order chi connectivity index (χ0) is 20.7. The predicted molar refractivity (Wildman–Crippen MR) is 106 cm³/mol. The number of hydrogen-bond acceptors (Lipinski definition) is 4. The molecule has 0 fully saturated rings. The zero-order valence-corrected chi connectivity index (χ0v) is 17.8. The molecule has 0 aliphatic rings. The van der Waals surface area contributed by atoms with E-state index in [-0.39, 0.29) is 25.1 Å². The number of carbonyl (C=O) groups excluding carboxylic acids is 2. The Kier molecular flexibility index (Phi) is 9.81. The van der Waals surface area contributed by atoms with Crippen molar-refractivity contribution in [1.29, 1.82) is 0 Å². The van der Waals surface area contributed by atoms with Gasteiger partial charge in [-0.05, 0) is 31.9 Å². The fourth-order valence-corrected chi connectivity index (χ4v) is 3.19. The van der Waals surface area contributed by atoms with Crippen LogP contribution in [-0.2, 0) is 14.3 Å². The highest BCUT2D eigenvalue weighted by molar-refractivity contribution is 5.87. The minimum Gasteiger partial charge on any atom is -1.00 e. The normalized spacial score (nSPS) is 14.7. The maximum absolute atomic E-state index is 13.3. The van der Waals surface area contributed by atoms with E-state index in [0.29, 0.717) is 5.56 Å². The van der Waals surface area contributed by atoms with Crippen LogP contribution in [-0.4, -0.2) is 40.6 Å². The van der Waals surface area contributed by atoms with Gasteiger partial charge in [0.05, 0.1) is 12.6 Å². The lowest BCUT2D eigenvalue weighted by atomic mass is 9.98. The maximum atomic E-state index is 13.3. The van der Waals surface area contributed by atoms with Crippen molar-refractivity contribution in [3.63, 3.8) is 0 Å². The molecule has 0 aliphatic carbocycles. The van der Waals surface area contributed by atoms with E-state index in [4.69, 9.17) is 4.74 Å². The van der Waals surface area contributed by atoms with Gasteiger partial charge in [-0.15, -0.1) is 0 Å². The molecular weight excluding hydrogens is 392 g/mol. The summed E-state index contributed by atoms with van der Waals surface area (Å²) in [6.07, 6.45) is -1.08. The molecule has 0 saturated carbocycles. The van der Waals surface area contributed by atoms with Crippen molar-refractivity contribution in [1.82, 2.24) is 4.90 Å². The third kappa shape index (κ3) is 6.03. The van der Waals surface area contributed by atoms with E-state index in [1.165, 1.54) is 4.90 Å². The number of halogens is 1. The van der Waals surface area contributed by atoms with Crippen LogP contribution in [0.5, 0.6) is 0 Å². The molecule has 4 atom stereocenters. The number of aliphatic hydroxyl groups is 1. The van der Waals surface area contributed by atoms with Crippen molar-refractivity contribution < 1.29 is 37.6 Å². The van der Waals surface area contributed by atoms with Gasteiger partial charge in [-0.2, -0.15) is 0 Å². The number of aliphatic hydroxyl groups excluding tert-OH is 1. The van der Waals surface area contributed by atoms with Gasteiger partial charge in [0.2, 0.25) is 0 Å². The van der Waals surface area contributed by atoms with Crippen LogP contribution in [0.25, 0.3) is 0 Å². The summed E-state index contributed by atoms with van der Waals surface area (Å²) in [6, 6.07) is 16.2. The molecule has 2 aromatic carbocycles. The van der Waals surface area contributed by atoms with E-state index < -0.39 is 30.1 Å². The Morgan fingerprint density at radius 3 is 1.97 bits per heavy atom. The Hall–Kier alpha value is -2.41. The molecular formula is C22H29ClN2O4. The number of rotatable bonds is 8. The first-order valence-corrected chi connectivity index (χ1v) is 9.48. The Labute approximate surface area is 178 Å². The minimum atomic E-state index is -1.08. The molecule has 158 valence electrons. The first-order chi connectivity index (χ1) is 13.4. The van der Waals surface area contributed by atoms with Crippen LogP contribution in [0.1, 0.15) is 44.0 Å². The van der Waals surface area contributed by atoms with Gasteiger partial charge in [-0.3, -0.25) is 4.79 Å². The molecule has 6 nitrogen and oxygen atoms in total. The van der Waals surface area contributed by atoms with Gasteiger partial charge in [-0.1, -0.05) is 60.7 Å². The molecule has 29 heavy (non-hydrogen) atoms. The Balaban J connectivity index is 0.00000420. The smallest absolute Gasteiger partial charge is 0.328 e. The van der Waals surface area contributed by atoms with Crippen molar-refractivity contribution in [2.75, 3.05) is 6.61 Å². The summed E-state index contributed by atoms with van der Waals surface area (Å²) in [6.45, 7) is 5.44. The SMILES string of the molecule is CCOC(=O)[C@@H](C)N(C(=O)[C@@H]([NH3+])[C@@H](O)c1ccccc1)[C@@H](C)c1ccccc1.[Cl-]. The molecule has 0 unspecified atom stereocenters. The second-order valence-electron chi connectivity index (χ2n) is 6.72. The Bertz CT molecular complexity index is 773. The van der Waals surface area contributed by atoms with Crippen LogP contribution in [0.4, 0.5) is 0 Å². The van der Waals surface area contributed by atoms with Crippen LogP contribution in [0.3, 0.4) is 0 Å². The summed E-state index contributed by atoms with van der Waals surface area (Å²) in [5.41, 5.74) is 5.39. The predicted octanol–water partition coefficient (Wildman–Crippen LogP) is -1.12. The van der Waals surface area contributed by atoms with Crippen LogP contribution in [0.2, 0.25) is 0 Å². The number of quaternary nitrogens is 1. The number of hydrogen-bond donors (Lipinski definition) is 2. The van der Waals surface area contributed by atoms with E-state index in [1.54, 1.807) is 38.1 Å². The second-order valence-corrected chi connectivity index (χ2v) is 6.72. The van der Waals surface area contributed by atoms with Crippen LogP contribution >= 0.6 is 0 Å². The first kappa shape index (κ1) is 24.6. The number of benzene rings is 2. The zero-order valence-electron chi connectivity index (χ0n) is 17.0. The lowest BCUT2D eigenvalue weighted by molar-refractivity contribution is -0.424. The minimum absolute atomic E-state index is 0. The highest BCUT2D eigenvalue weighted by Gasteiger charge is 2.39. The number of ether oxygens (including phenoxy) is 1. The molecule has 0 radical (unpaired) electrons. The van der Waals surface area contributed by atoms with Crippen LogP contribution in [0.15, 0.2) is 60.7 Å². The van der Waals surface area contributed by atoms with Crippen molar-refractivity contribution in [2.24, 2.45) is 0 Å². The maximum Gasteiger partial charge on any atom is 0.328 e.